The Labute approximate surface area is 115 Å². The zero-order valence-electron chi connectivity index (χ0n) is 10.9. The van der Waals surface area contributed by atoms with E-state index in [4.69, 9.17) is 5.26 Å². The summed E-state index contributed by atoms with van der Waals surface area (Å²) >= 11 is 0. The highest BCUT2D eigenvalue weighted by molar-refractivity contribution is 7.86. The van der Waals surface area contributed by atoms with E-state index < -0.39 is 16.4 Å². The summed E-state index contributed by atoms with van der Waals surface area (Å²) in [6, 6.07) is 7.68. The van der Waals surface area contributed by atoms with Crippen molar-refractivity contribution >= 4 is 10.8 Å². The predicted octanol–water partition coefficient (Wildman–Crippen LogP) is 2.13. The molecular formula is C15H17NO2S. The number of rotatable bonds is 1. The van der Waals surface area contributed by atoms with Gasteiger partial charge in [0, 0.05) is 21.3 Å². The minimum Gasteiger partial charge on any atom is -0.385 e. The molecule has 4 heteroatoms. The Kier molecular flexibility index (Phi) is 2.99. The molecule has 2 fully saturated rings. The van der Waals surface area contributed by atoms with Crippen LogP contribution in [0.3, 0.4) is 0 Å². The Balaban J connectivity index is 2.03. The first kappa shape index (κ1) is 12.8. The van der Waals surface area contributed by atoms with Gasteiger partial charge in [-0.25, -0.2) is 0 Å². The highest BCUT2D eigenvalue weighted by atomic mass is 32.2. The molecule has 3 nitrogen and oxygen atoms in total. The van der Waals surface area contributed by atoms with E-state index in [9.17, 15) is 9.32 Å². The quantitative estimate of drug-likeness (QED) is 0.854. The van der Waals surface area contributed by atoms with Gasteiger partial charge >= 0.3 is 0 Å². The number of aliphatic hydroxyl groups is 1. The zero-order chi connectivity index (χ0) is 13.6. The van der Waals surface area contributed by atoms with Gasteiger partial charge < -0.3 is 5.11 Å². The average molecular weight is 275 g/mol. The third kappa shape index (κ3) is 1.92. The predicted molar refractivity (Wildman–Crippen MR) is 74.0 cm³/mol. The molecule has 2 aliphatic heterocycles. The summed E-state index contributed by atoms with van der Waals surface area (Å²) in [4.78, 5) is 0. The first-order valence-electron chi connectivity index (χ1n) is 6.67. The van der Waals surface area contributed by atoms with Crippen LogP contribution in [0.25, 0.3) is 0 Å². The lowest BCUT2D eigenvalue weighted by atomic mass is 9.82. The molecule has 3 rings (SSSR count). The van der Waals surface area contributed by atoms with Crippen molar-refractivity contribution in [1.82, 2.24) is 0 Å². The Morgan fingerprint density at radius 3 is 2.58 bits per heavy atom. The monoisotopic (exact) mass is 275 g/mol. The van der Waals surface area contributed by atoms with E-state index in [1.54, 1.807) is 6.07 Å². The minimum absolute atomic E-state index is 0.119. The maximum Gasteiger partial charge on any atom is 0.0994 e. The summed E-state index contributed by atoms with van der Waals surface area (Å²) in [7, 11) is -0.778. The molecule has 100 valence electrons. The van der Waals surface area contributed by atoms with Gasteiger partial charge in [-0.05, 0) is 49.8 Å². The van der Waals surface area contributed by atoms with Crippen molar-refractivity contribution in [3.63, 3.8) is 0 Å². The van der Waals surface area contributed by atoms with Crippen molar-refractivity contribution < 1.29 is 9.32 Å². The lowest BCUT2D eigenvalue weighted by Crippen LogP contribution is -2.40. The molecule has 1 aromatic carbocycles. The molecule has 2 heterocycles. The number of nitriles is 1. The highest BCUT2D eigenvalue weighted by Crippen LogP contribution is 2.46. The Morgan fingerprint density at radius 2 is 2.00 bits per heavy atom. The molecule has 2 bridgehead atoms. The molecule has 2 atom stereocenters. The van der Waals surface area contributed by atoms with Gasteiger partial charge in [-0.15, -0.1) is 0 Å². The van der Waals surface area contributed by atoms with Crippen molar-refractivity contribution in [3.8, 4) is 6.07 Å². The molecule has 0 amide bonds. The van der Waals surface area contributed by atoms with Gasteiger partial charge in [-0.3, -0.25) is 4.21 Å². The first-order valence-corrected chi connectivity index (χ1v) is 7.95. The number of fused-ring (bicyclic) bond motifs is 2. The largest absolute Gasteiger partial charge is 0.385 e. The summed E-state index contributed by atoms with van der Waals surface area (Å²) in [5.41, 5.74) is 1.42. The van der Waals surface area contributed by atoms with E-state index in [1.807, 2.05) is 19.1 Å². The molecule has 2 unspecified atom stereocenters. The normalized spacial score (nSPS) is 37.0. The van der Waals surface area contributed by atoms with Crippen LogP contribution < -0.4 is 0 Å². The summed E-state index contributed by atoms with van der Waals surface area (Å²) in [6.45, 7) is 1.89. The molecular weight excluding hydrogens is 258 g/mol. The maximum absolute atomic E-state index is 12.1. The van der Waals surface area contributed by atoms with Gasteiger partial charge in [-0.1, -0.05) is 12.1 Å². The smallest absolute Gasteiger partial charge is 0.0994 e. The summed E-state index contributed by atoms with van der Waals surface area (Å²) in [6.07, 6.45) is 3.03. The molecule has 19 heavy (non-hydrogen) atoms. The van der Waals surface area contributed by atoms with Crippen LogP contribution in [0.15, 0.2) is 18.2 Å². The molecule has 0 aromatic heterocycles. The van der Waals surface area contributed by atoms with Crippen LogP contribution in [0.2, 0.25) is 0 Å². The van der Waals surface area contributed by atoms with E-state index >= 15 is 0 Å². The SMILES string of the molecule is Cc1c(C#N)cccc1C1(O)CC2CCC(C1)S2=O. The Hall–Kier alpha value is -1.18. The van der Waals surface area contributed by atoms with Gasteiger partial charge in [0.25, 0.3) is 0 Å². The van der Waals surface area contributed by atoms with Crippen molar-refractivity contribution in [2.24, 2.45) is 0 Å². The second-order valence-corrected chi connectivity index (χ2v) is 7.67. The van der Waals surface area contributed by atoms with Crippen molar-refractivity contribution in [1.29, 1.82) is 5.26 Å². The third-order valence-electron chi connectivity index (χ3n) is 4.55. The molecule has 0 spiro atoms. The third-order valence-corrected chi connectivity index (χ3v) is 6.67. The number of nitrogens with zero attached hydrogens (tertiary/aromatic N) is 1. The molecule has 1 N–H and O–H groups in total. The number of hydrogen-bond donors (Lipinski definition) is 1. The molecule has 2 saturated heterocycles. The number of benzene rings is 1. The minimum atomic E-state index is -0.906. The fourth-order valence-corrected chi connectivity index (χ4v) is 5.72. The molecule has 1 aromatic rings. The molecule has 0 saturated carbocycles. The van der Waals surface area contributed by atoms with E-state index in [2.05, 4.69) is 6.07 Å². The summed E-state index contributed by atoms with van der Waals surface area (Å²) in [5.74, 6) is 0. The first-order chi connectivity index (χ1) is 9.05. The zero-order valence-corrected chi connectivity index (χ0v) is 11.7. The van der Waals surface area contributed by atoms with Gasteiger partial charge in [0.2, 0.25) is 0 Å². The molecule has 0 aliphatic carbocycles. The van der Waals surface area contributed by atoms with Crippen molar-refractivity contribution in [2.45, 2.75) is 48.7 Å². The van der Waals surface area contributed by atoms with Gasteiger partial charge in [0.05, 0.1) is 17.2 Å². The highest BCUT2D eigenvalue weighted by Gasteiger charge is 2.48. The van der Waals surface area contributed by atoms with Crippen LogP contribution in [0.4, 0.5) is 0 Å². The maximum atomic E-state index is 12.1. The number of hydrogen-bond acceptors (Lipinski definition) is 3. The van der Waals surface area contributed by atoms with Crippen LogP contribution in [0, 0.1) is 18.3 Å². The fraction of sp³-hybridized carbons (Fsp3) is 0.533. The average Bonchev–Trinajstić information content (AvgIpc) is 2.63. The van der Waals surface area contributed by atoms with Crippen LogP contribution in [-0.4, -0.2) is 19.8 Å². The van der Waals surface area contributed by atoms with E-state index in [-0.39, 0.29) is 10.5 Å². The second kappa shape index (κ2) is 4.43. The van der Waals surface area contributed by atoms with Crippen LogP contribution in [0.1, 0.15) is 42.4 Å². The Morgan fingerprint density at radius 1 is 1.37 bits per heavy atom. The van der Waals surface area contributed by atoms with Gasteiger partial charge in [0.15, 0.2) is 0 Å². The lowest BCUT2D eigenvalue weighted by molar-refractivity contribution is 0.0178. The topological polar surface area (TPSA) is 61.1 Å². The Bertz CT molecular complexity index is 574. The van der Waals surface area contributed by atoms with Crippen LogP contribution >= 0.6 is 0 Å². The fourth-order valence-electron chi connectivity index (χ4n) is 3.56. The summed E-state index contributed by atoms with van der Waals surface area (Å²) < 4.78 is 12.1. The van der Waals surface area contributed by atoms with Crippen molar-refractivity contribution in [3.05, 3.63) is 34.9 Å². The van der Waals surface area contributed by atoms with Gasteiger partial charge in [0.1, 0.15) is 0 Å². The van der Waals surface area contributed by atoms with E-state index in [1.165, 1.54) is 0 Å². The van der Waals surface area contributed by atoms with Crippen LogP contribution in [-0.2, 0) is 16.4 Å². The lowest BCUT2D eigenvalue weighted by Gasteiger charge is -2.37. The summed E-state index contributed by atoms with van der Waals surface area (Å²) in [5, 5.41) is 20.3. The van der Waals surface area contributed by atoms with Gasteiger partial charge in [-0.2, -0.15) is 5.26 Å². The van der Waals surface area contributed by atoms with Crippen LogP contribution in [0.5, 0.6) is 0 Å². The van der Waals surface area contributed by atoms with E-state index in [0.717, 1.165) is 24.0 Å². The van der Waals surface area contributed by atoms with E-state index in [0.29, 0.717) is 18.4 Å². The molecule has 2 aliphatic rings. The standard InChI is InChI=1S/C15H17NO2S/c1-10-11(9-16)3-2-4-14(10)15(17)7-12-5-6-13(8-15)19(12)18/h2-4,12-13,17H,5-8H2,1H3. The molecule has 0 radical (unpaired) electrons. The van der Waals surface area contributed by atoms with Crippen molar-refractivity contribution in [2.75, 3.05) is 0 Å². The second-order valence-electron chi connectivity index (χ2n) is 5.68.